The van der Waals surface area contributed by atoms with Crippen LogP contribution in [0.4, 0.5) is 0 Å². The molecule has 4 heteroatoms. The van der Waals surface area contributed by atoms with E-state index in [0.717, 1.165) is 30.9 Å². The van der Waals surface area contributed by atoms with Gasteiger partial charge in [0.2, 0.25) is 0 Å². The van der Waals surface area contributed by atoms with Crippen LogP contribution in [0.25, 0.3) is 0 Å². The van der Waals surface area contributed by atoms with Gasteiger partial charge < -0.3 is 10.3 Å². The van der Waals surface area contributed by atoms with Crippen LogP contribution < -0.4 is 5.73 Å². The topological polar surface area (TPSA) is 48.0 Å². The summed E-state index contributed by atoms with van der Waals surface area (Å²) in [6.45, 7) is 9.53. The lowest BCUT2D eigenvalue weighted by Gasteiger charge is -2.34. The molecule has 1 aromatic rings. The Morgan fingerprint density at radius 1 is 1.53 bits per heavy atom. The van der Waals surface area contributed by atoms with Crippen molar-refractivity contribution in [2.45, 2.75) is 53.1 Å². The average molecular weight is 282 g/mol. The summed E-state index contributed by atoms with van der Waals surface area (Å²) in [6, 6.07) is 2.37. The Labute approximate surface area is 119 Å². The third kappa shape index (κ3) is 3.11. The summed E-state index contributed by atoms with van der Waals surface area (Å²) in [4.78, 5) is 0. The number of nitrogens with zero attached hydrogens (tertiary/aromatic N) is 1. The summed E-state index contributed by atoms with van der Waals surface area (Å²) in [7, 11) is -0.701. The molecule has 0 spiro atoms. The largest absolute Gasteiger partial charge is 0.348 e. The Balaban J connectivity index is 2.28. The van der Waals surface area contributed by atoms with E-state index in [4.69, 9.17) is 5.73 Å². The number of rotatable bonds is 4. The van der Waals surface area contributed by atoms with E-state index in [1.165, 1.54) is 17.0 Å². The van der Waals surface area contributed by atoms with Crippen molar-refractivity contribution in [1.29, 1.82) is 0 Å². The lowest BCUT2D eigenvalue weighted by Crippen LogP contribution is -2.30. The Morgan fingerprint density at radius 3 is 2.84 bits per heavy atom. The summed E-state index contributed by atoms with van der Waals surface area (Å²) in [5.41, 5.74) is 10.5. The van der Waals surface area contributed by atoms with Crippen molar-refractivity contribution >= 4 is 10.8 Å². The van der Waals surface area contributed by atoms with Crippen LogP contribution in [-0.4, -0.2) is 20.3 Å². The zero-order chi connectivity index (χ0) is 14.2. The summed E-state index contributed by atoms with van der Waals surface area (Å²) in [6.07, 6.45) is 2.12. The summed E-state index contributed by atoms with van der Waals surface area (Å²) < 4.78 is 14.0. The van der Waals surface area contributed by atoms with Gasteiger partial charge in [-0.25, -0.2) is 0 Å². The molecular formula is C15H26N2OS. The smallest absolute Gasteiger partial charge is 0.0414 e. The third-order valence-electron chi connectivity index (χ3n) is 4.13. The van der Waals surface area contributed by atoms with Gasteiger partial charge in [-0.05, 0) is 36.8 Å². The molecule has 0 saturated heterocycles. The minimum absolute atomic E-state index is 0.148. The van der Waals surface area contributed by atoms with Crippen LogP contribution in [0, 0.1) is 12.3 Å². The molecule has 2 N–H and O–H groups in total. The SMILES string of the molecule is CCS(=O)CCn1c(C)cc2c1CC(C)(C)CC2N. The van der Waals surface area contributed by atoms with E-state index in [1.807, 2.05) is 6.92 Å². The molecule has 0 fully saturated rings. The third-order valence-corrected chi connectivity index (χ3v) is 5.41. The standard InChI is InChI=1S/C15H26N2OS/c1-5-19(18)7-6-17-11(2)8-12-13(16)9-15(3,4)10-14(12)17/h8,13H,5-7,9-10,16H2,1-4H3. The molecule has 1 aromatic heterocycles. The van der Waals surface area contributed by atoms with E-state index in [-0.39, 0.29) is 11.5 Å². The molecule has 1 aliphatic carbocycles. The average Bonchev–Trinajstić information content (AvgIpc) is 2.61. The Kier molecular flexibility index (Phi) is 4.21. The highest BCUT2D eigenvalue weighted by Crippen LogP contribution is 2.40. The molecule has 1 heterocycles. The number of hydrogen-bond donors (Lipinski definition) is 1. The maximum atomic E-state index is 11.7. The van der Waals surface area contributed by atoms with Gasteiger partial charge in [0.05, 0.1) is 0 Å². The summed E-state index contributed by atoms with van der Waals surface area (Å²) >= 11 is 0. The number of fused-ring (bicyclic) bond motifs is 1. The fourth-order valence-corrected chi connectivity index (χ4v) is 3.83. The molecule has 19 heavy (non-hydrogen) atoms. The minimum atomic E-state index is -0.701. The van der Waals surface area contributed by atoms with Crippen LogP contribution in [0.5, 0.6) is 0 Å². The van der Waals surface area contributed by atoms with Gasteiger partial charge in [0.1, 0.15) is 0 Å². The van der Waals surface area contributed by atoms with E-state index < -0.39 is 10.8 Å². The Bertz CT molecular complexity index is 491. The van der Waals surface area contributed by atoms with Gasteiger partial charge in [0.15, 0.2) is 0 Å². The number of nitrogens with two attached hydrogens (primary N) is 1. The first-order valence-corrected chi connectivity index (χ1v) is 8.62. The molecule has 3 nitrogen and oxygen atoms in total. The lowest BCUT2D eigenvalue weighted by molar-refractivity contribution is 0.275. The molecule has 2 atom stereocenters. The quantitative estimate of drug-likeness (QED) is 0.922. The van der Waals surface area contributed by atoms with Gasteiger partial charge in [-0.15, -0.1) is 0 Å². The second kappa shape index (κ2) is 5.41. The summed E-state index contributed by atoms with van der Waals surface area (Å²) in [5.74, 6) is 1.49. The molecule has 0 radical (unpaired) electrons. The van der Waals surface area contributed by atoms with Crippen LogP contribution >= 0.6 is 0 Å². The van der Waals surface area contributed by atoms with Crippen LogP contribution in [0.3, 0.4) is 0 Å². The second-order valence-electron chi connectivity index (χ2n) is 6.42. The van der Waals surface area contributed by atoms with Crippen LogP contribution in [-0.2, 0) is 23.8 Å². The molecule has 0 bridgehead atoms. The predicted molar refractivity (Wildman–Crippen MR) is 81.7 cm³/mol. The van der Waals surface area contributed by atoms with Crippen molar-refractivity contribution in [3.63, 3.8) is 0 Å². The highest BCUT2D eigenvalue weighted by atomic mass is 32.2. The van der Waals surface area contributed by atoms with Crippen molar-refractivity contribution in [3.8, 4) is 0 Å². The van der Waals surface area contributed by atoms with Crippen molar-refractivity contribution in [1.82, 2.24) is 4.57 Å². The second-order valence-corrected chi connectivity index (χ2v) is 8.29. The number of aryl methyl sites for hydroxylation is 1. The van der Waals surface area contributed by atoms with E-state index >= 15 is 0 Å². The van der Waals surface area contributed by atoms with Crippen molar-refractivity contribution in [3.05, 3.63) is 23.0 Å². The van der Waals surface area contributed by atoms with Crippen LogP contribution in [0.1, 0.15) is 50.2 Å². The fourth-order valence-electron chi connectivity index (χ4n) is 3.15. The molecule has 0 amide bonds. The fraction of sp³-hybridized carbons (Fsp3) is 0.733. The maximum Gasteiger partial charge on any atom is 0.0414 e. The zero-order valence-electron chi connectivity index (χ0n) is 12.5. The first-order chi connectivity index (χ1) is 8.84. The molecule has 2 rings (SSSR count). The molecule has 2 unspecified atom stereocenters. The summed E-state index contributed by atoms with van der Waals surface area (Å²) in [5, 5.41) is 0. The maximum absolute atomic E-state index is 11.7. The van der Waals surface area contributed by atoms with Crippen molar-refractivity contribution in [2.24, 2.45) is 11.1 Å². The monoisotopic (exact) mass is 282 g/mol. The van der Waals surface area contributed by atoms with Gasteiger partial charge >= 0.3 is 0 Å². The van der Waals surface area contributed by atoms with Gasteiger partial charge in [0.25, 0.3) is 0 Å². The van der Waals surface area contributed by atoms with E-state index in [1.54, 1.807) is 0 Å². The molecule has 1 aliphatic rings. The van der Waals surface area contributed by atoms with Gasteiger partial charge in [-0.3, -0.25) is 4.21 Å². The van der Waals surface area contributed by atoms with E-state index in [9.17, 15) is 4.21 Å². The minimum Gasteiger partial charge on any atom is -0.348 e. The van der Waals surface area contributed by atoms with E-state index in [0.29, 0.717) is 0 Å². The van der Waals surface area contributed by atoms with Crippen LogP contribution in [0.15, 0.2) is 6.07 Å². The normalized spacial score (nSPS) is 23.1. The molecule has 0 aliphatic heterocycles. The predicted octanol–water partition coefficient (Wildman–Crippen LogP) is 2.54. The molecular weight excluding hydrogens is 256 g/mol. The van der Waals surface area contributed by atoms with Gasteiger partial charge in [-0.1, -0.05) is 20.8 Å². The van der Waals surface area contributed by atoms with Gasteiger partial charge in [0, 0.05) is 46.3 Å². The highest BCUT2D eigenvalue weighted by Gasteiger charge is 2.33. The molecule has 108 valence electrons. The van der Waals surface area contributed by atoms with Crippen molar-refractivity contribution < 1.29 is 4.21 Å². The zero-order valence-corrected chi connectivity index (χ0v) is 13.3. The number of aromatic nitrogens is 1. The first-order valence-electron chi connectivity index (χ1n) is 7.13. The van der Waals surface area contributed by atoms with Gasteiger partial charge in [-0.2, -0.15) is 0 Å². The lowest BCUT2D eigenvalue weighted by atomic mass is 9.74. The molecule has 0 saturated carbocycles. The molecule has 0 aromatic carbocycles. The Hall–Kier alpha value is -0.610. The highest BCUT2D eigenvalue weighted by molar-refractivity contribution is 7.84. The Morgan fingerprint density at radius 2 is 2.21 bits per heavy atom. The van der Waals surface area contributed by atoms with E-state index in [2.05, 4.69) is 31.4 Å². The van der Waals surface area contributed by atoms with Crippen molar-refractivity contribution in [2.75, 3.05) is 11.5 Å². The number of hydrogen-bond acceptors (Lipinski definition) is 2. The van der Waals surface area contributed by atoms with Crippen LogP contribution in [0.2, 0.25) is 0 Å². The first kappa shape index (κ1) is 14.8.